The number of anilines is 2. The molecule has 4 rings (SSSR count). The van der Waals surface area contributed by atoms with Gasteiger partial charge in [-0.3, -0.25) is 31.3 Å². The van der Waals surface area contributed by atoms with E-state index in [9.17, 15) is 4.79 Å². The number of hydrogen-bond donors (Lipinski definition) is 6. The van der Waals surface area contributed by atoms with Crippen molar-refractivity contribution in [2.24, 2.45) is 4.99 Å². The summed E-state index contributed by atoms with van der Waals surface area (Å²) in [5.41, 5.74) is 3.69. The SMILES string of the molecule is N=CN(C=N)c1ccc(C(=N)OC(=N)NC2N=C(c3ccccc3)c3ccccc3NC2=O)cc1. The molecule has 0 aromatic heterocycles. The average Bonchev–Trinajstić information content (AvgIpc) is 3.02. The van der Waals surface area contributed by atoms with Crippen LogP contribution in [0.1, 0.15) is 16.7 Å². The second-order valence-corrected chi connectivity index (χ2v) is 7.40. The van der Waals surface area contributed by atoms with Crippen LogP contribution in [0.5, 0.6) is 0 Å². The molecule has 1 aliphatic heterocycles. The maximum absolute atomic E-state index is 12.9. The Kier molecular flexibility index (Phi) is 6.73. The molecule has 1 unspecified atom stereocenters. The van der Waals surface area contributed by atoms with Gasteiger partial charge in [0.15, 0.2) is 0 Å². The number of amides is 1. The maximum Gasteiger partial charge on any atom is 0.290 e. The quantitative estimate of drug-likeness (QED) is 0.243. The minimum atomic E-state index is -1.16. The first-order valence-electron chi connectivity index (χ1n) is 10.5. The van der Waals surface area contributed by atoms with Crippen LogP contribution in [-0.2, 0) is 9.53 Å². The van der Waals surface area contributed by atoms with Gasteiger partial charge in [0.25, 0.3) is 11.9 Å². The molecule has 1 heterocycles. The van der Waals surface area contributed by atoms with Gasteiger partial charge in [-0.25, -0.2) is 4.99 Å². The molecule has 6 N–H and O–H groups in total. The number of rotatable bonds is 6. The molecule has 3 aromatic carbocycles. The second-order valence-electron chi connectivity index (χ2n) is 7.40. The van der Waals surface area contributed by atoms with Crippen molar-refractivity contribution in [2.75, 3.05) is 10.2 Å². The number of amidine groups is 1. The third-order valence-corrected chi connectivity index (χ3v) is 5.17. The molecular formula is C25H22N8O2. The fourth-order valence-electron chi connectivity index (χ4n) is 3.47. The van der Waals surface area contributed by atoms with Crippen molar-refractivity contribution in [1.29, 1.82) is 21.6 Å². The number of hydrogen-bond acceptors (Lipinski definition) is 7. The summed E-state index contributed by atoms with van der Waals surface area (Å²) in [7, 11) is 0. The number of nitrogens with one attached hydrogen (secondary N) is 6. The van der Waals surface area contributed by atoms with Crippen LogP contribution in [0, 0.1) is 21.6 Å². The standard InChI is InChI=1S/C25H22N8O2/c26-14-33(15-27)18-12-10-17(11-13-18)22(28)35-25(29)32-23-24(34)30-20-9-5-4-8-19(20)21(31-23)16-6-2-1-3-7-16/h1-15,23,26-28H,(H2,29,32)(H,30,34). The highest BCUT2D eigenvalue weighted by atomic mass is 16.5. The first-order valence-corrected chi connectivity index (χ1v) is 10.5. The van der Waals surface area contributed by atoms with Crippen LogP contribution in [0.25, 0.3) is 0 Å². The predicted octanol–water partition coefficient (Wildman–Crippen LogP) is 3.39. The molecule has 0 spiro atoms. The molecule has 0 aliphatic carbocycles. The third kappa shape index (κ3) is 5.11. The van der Waals surface area contributed by atoms with Crippen LogP contribution in [0.4, 0.5) is 11.4 Å². The highest BCUT2D eigenvalue weighted by molar-refractivity contribution is 6.19. The maximum atomic E-state index is 12.9. The van der Waals surface area contributed by atoms with E-state index < -0.39 is 18.1 Å². The Bertz CT molecular complexity index is 1310. The predicted molar refractivity (Wildman–Crippen MR) is 136 cm³/mol. The summed E-state index contributed by atoms with van der Waals surface area (Å²) in [4.78, 5) is 18.7. The molecule has 0 radical (unpaired) electrons. The minimum Gasteiger partial charge on any atom is -0.407 e. The Labute approximate surface area is 201 Å². The van der Waals surface area contributed by atoms with Crippen molar-refractivity contribution >= 4 is 47.6 Å². The number of para-hydroxylation sites is 1. The van der Waals surface area contributed by atoms with E-state index >= 15 is 0 Å². The molecule has 1 atom stereocenters. The summed E-state index contributed by atoms with van der Waals surface area (Å²) in [6.07, 6.45) is 0.821. The van der Waals surface area contributed by atoms with Gasteiger partial charge in [0.05, 0.1) is 24.1 Å². The molecule has 35 heavy (non-hydrogen) atoms. The van der Waals surface area contributed by atoms with Gasteiger partial charge in [0.2, 0.25) is 12.1 Å². The van der Waals surface area contributed by atoms with Crippen LogP contribution in [0.2, 0.25) is 0 Å². The lowest BCUT2D eigenvalue weighted by atomic mass is 10.0. The van der Waals surface area contributed by atoms with E-state index in [1.165, 1.54) is 4.90 Å². The second kappa shape index (κ2) is 10.2. The van der Waals surface area contributed by atoms with Crippen LogP contribution >= 0.6 is 0 Å². The summed E-state index contributed by atoms with van der Waals surface area (Å²) in [6.45, 7) is 0. The number of nitrogens with zero attached hydrogens (tertiary/aromatic N) is 2. The van der Waals surface area contributed by atoms with Crippen LogP contribution < -0.4 is 15.5 Å². The molecule has 1 aliphatic rings. The summed E-state index contributed by atoms with van der Waals surface area (Å²) >= 11 is 0. The zero-order valence-electron chi connectivity index (χ0n) is 18.4. The highest BCUT2D eigenvalue weighted by Gasteiger charge is 2.27. The Morgan fingerprint density at radius 3 is 2.29 bits per heavy atom. The van der Waals surface area contributed by atoms with Gasteiger partial charge in [0.1, 0.15) is 0 Å². The lowest BCUT2D eigenvalue weighted by molar-refractivity contribution is -0.117. The van der Waals surface area contributed by atoms with Crippen LogP contribution in [0.3, 0.4) is 0 Å². The Balaban J connectivity index is 1.52. The van der Waals surface area contributed by atoms with Gasteiger partial charge < -0.3 is 15.4 Å². The lowest BCUT2D eigenvalue weighted by Crippen LogP contribution is -2.43. The fraction of sp³-hybridized carbons (Fsp3) is 0.0400. The molecule has 0 saturated carbocycles. The van der Waals surface area contributed by atoms with E-state index in [1.807, 2.05) is 48.5 Å². The first kappa shape index (κ1) is 23.1. The van der Waals surface area contributed by atoms with Crippen molar-refractivity contribution in [1.82, 2.24) is 5.32 Å². The molecule has 0 saturated heterocycles. The summed E-state index contributed by atoms with van der Waals surface area (Å²) in [5, 5.41) is 36.4. The highest BCUT2D eigenvalue weighted by Crippen LogP contribution is 2.23. The number of carbonyl (C=O) groups excluding carboxylic acids is 1. The molecule has 0 bridgehead atoms. The number of ether oxygens (including phenoxy) is 1. The van der Waals surface area contributed by atoms with E-state index in [0.717, 1.165) is 23.8 Å². The van der Waals surface area contributed by atoms with E-state index in [-0.39, 0.29) is 5.90 Å². The van der Waals surface area contributed by atoms with Crippen molar-refractivity contribution in [3.05, 3.63) is 95.6 Å². The van der Waals surface area contributed by atoms with Gasteiger partial charge in [0, 0.05) is 22.4 Å². The Morgan fingerprint density at radius 2 is 1.60 bits per heavy atom. The monoisotopic (exact) mass is 466 g/mol. The number of benzodiazepines with no additional fused rings is 1. The summed E-state index contributed by atoms with van der Waals surface area (Å²) in [5.74, 6) is -0.777. The average molecular weight is 467 g/mol. The molecule has 10 nitrogen and oxygen atoms in total. The zero-order valence-corrected chi connectivity index (χ0v) is 18.4. The molecule has 0 fully saturated rings. The van der Waals surface area contributed by atoms with E-state index in [4.69, 9.17) is 26.4 Å². The number of aliphatic imine (C=N–C) groups is 1. The Hall–Kier alpha value is -5.12. The molecule has 10 heteroatoms. The number of benzene rings is 3. The van der Waals surface area contributed by atoms with Crippen molar-refractivity contribution in [3.8, 4) is 0 Å². The minimum absolute atomic E-state index is 0.310. The largest absolute Gasteiger partial charge is 0.407 e. The third-order valence-electron chi connectivity index (χ3n) is 5.17. The van der Waals surface area contributed by atoms with Crippen LogP contribution in [0.15, 0.2) is 83.9 Å². The molecule has 3 aromatic rings. The van der Waals surface area contributed by atoms with Gasteiger partial charge in [-0.2, -0.15) is 0 Å². The smallest absolute Gasteiger partial charge is 0.290 e. The summed E-state index contributed by atoms with van der Waals surface area (Å²) in [6, 6.07) is 22.6. The van der Waals surface area contributed by atoms with Crippen molar-refractivity contribution in [2.45, 2.75) is 6.17 Å². The van der Waals surface area contributed by atoms with E-state index in [1.54, 1.807) is 30.3 Å². The topological polar surface area (TPSA) is 161 Å². The van der Waals surface area contributed by atoms with Crippen LogP contribution in [-0.4, -0.2) is 42.4 Å². The normalized spacial score (nSPS) is 14.3. The van der Waals surface area contributed by atoms with Gasteiger partial charge in [-0.15, -0.1) is 0 Å². The molecule has 174 valence electrons. The Morgan fingerprint density at radius 1 is 0.943 bits per heavy atom. The van der Waals surface area contributed by atoms with E-state index in [2.05, 4.69) is 15.6 Å². The molecular weight excluding hydrogens is 444 g/mol. The van der Waals surface area contributed by atoms with Gasteiger partial charge >= 0.3 is 0 Å². The fourth-order valence-corrected chi connectivity index (χ4v) is 3.47. The number of carbonyl (C=O) groups is 1. The lowest BCUT2D eigenvalue weighted by Gasteiger charge is -2.16. The summed E-state index contributed by atoms with van der Waals surface area (Å²) < 4.78 is 5.30. The molecule has 1 amide bonds. The number of fused-ring (bicyclic) bond motifs is 1. The first-order chi connectivity index (χ1) is 17.0. The van der Waals surface area contributed by atoms with Crippen molar-refractivity contribution in [3.63, 3.8) is 0 Å². The van der Waals surface area contributed by atoms with Gasteiger partial charge in [-0.05, 0) is 30.3 Å². The van der Waals surface area contributed by atoms with Crippen molar-refractivity contribution < 1.29 is 9.53 Å². The van der Waals surface area contributed by atoms with Gasteiger partial charge in [-0.1, -0.05) is 48.5 Å². The van der Waals surface area contributed by atoms with E-state index in [0.29, 0.717) is 22.6 Å². The zero-order chi connectivity index (χ0) is 24.8.